The quantitative estimate of drug-likeness (QED) is 0.371. The zero-order valence-corrected chi connectivity index (χ0v) is 24.1. The Bertz CT molecular complexity index is 1180. The summed E-state index contributed by atoms with van der Waals surface area (Å²) in [5, 5.41) is 16.1. The van der Waals surface area contributed by atoms with Crippen LogP contribution < -0.4 is 10.6 Å². The fourth-order valence-corrected chi connectivity index (χ4v) is 8.89. The first-order valence-electron chi connectivity index (χ1n) is 15.9. The smallest absolute Gasteiger partial charge is 0.319 e. The number of urea groups is 1. The Morgan fingerprint density at radius 3 is 2.27 bits per heavy atom. The lowest BCUT2D eigenvalue weighted by atomic mass is 9.53. The molecule has 4 saturated carbocycles. The van der Waals surface area contributed by atoms with Gasteiger partial charge >= 0.3 is 6.03 Å². The number of piperidine rings is 1. The van der Waals surface area contributed by atoms with Gasteiger partial charge in [-0.1, -0.05) is 42.8 Å². The van der Waals surface area contributed by atoms with Crippen LogP contribution in [0.5, 0.6) is 0 Å². The molecular weight excluding hydrogens is 514 g/mol. The Kier molecular flexibility index (Phi) is 7.80. The molecule has 0 spiro atoms. The van der Waals surface area contributed by atoms with Gasteiger partial charge < -0.3 is 30.1 Å². The maximum Gasteiger partial charge on any atom is 0.319 e. The van der Waals surface area contributed by atoms with E-state index in [4.69, 9.17) is 9.47 Å². The summed E-state index contributed by atoms with van der Waals surface area (Å²) in [5.41, 5.74) is 3.65. The van der Waals surface area contributed by atoms with Gasteiger partial charge in [-0.2, -0.15) is 0 Å². The second kappa shape index (κ2) is 11.7. The molecule has 7 nitrogen and oxygen atoms in total. The fourth-order valence-electron chi connectivity index (χ4n) is 8.89. The molecule has 2 heterocycles. The predicted octanol–water partition coefficient (Wildman–Crippen LogP) is 6.30. The van der Waals surface area contributed by atoms with Crippen molar-refractivity contribution < 1.29 is 19.4 Å². The van der Waals surface area contributed by atoms with Gasteiger partial charge in [0.1, 0.15) is 0 Å². The van der Waals surface area contributed by atoms with Crippen LogP contribution in [0.3, 0.4) is 0 Å². The Labute approximate surface area is 244 Å². The van der Waals surface area contributed by atoms with E-state index in [0.29, 0.717) is 0 Å². The van der Waals surface area contributed by atoms with E-state index in [2.05, 4.69) is 27.7 Å². The summed E-state index contributed by atoms with van der Waals surface area (Å²) in [7, 11) is 0. The van der Waals surface area contributed by atoms with E-state index in [9.17, 15) is 9.90 Å². The molecule has 3 unspecified atom stereocenters. The highest BCUT2D eigenvalue weighted by Crippen LogP contribution is 2.55. The summed E-state index contributed by atoms with van der Waals surface area (Å²) in [6, 6.07) is 15.9. The summed E-state index contributed by atoms with van der Waals surface area (Å²) in [6.07, 6.45) is 11.5. The largest absolute Gasteiger partial charge is 0.392 e. The number of hydrogen-bond acceptors (Lipinski definition) is 5. The van der Waals surface area contributed by atoms with Crippen LogP contribution in [-0.2, 0) is 16.1 Å². The third-order valence-electron chi connectivity index (χ3n) is 10.4. The van der Waals surface area contributed by atoms with Gasteiger partial charge in [0.05, 0.1) is 18.8 Å². The number of rotatable bonds is 7. The summed E-state index contributed by atoms with van der Waals surface area (Å²) in [5.74, 6) is 2.36. The van der Waals surface area contributed by atoms with Crippen molar-refractivity contribution in [2.75, 3.05) is 25.0 Å². The number of ether oxygens (including phenoxy) is 2. The van der Waals surface area contributed by atoms with Crippen LogP contribution in [0.15, 0.2) is 48.5 Å². The average molecular weight is 560 g/mol. The molecule has 2 aromatic carbocycles. The lowest BCUT2D eigenvalue weighted by Gasteiger charge is -2.56. The molecule has 6 fully saturated rings. The molecule has 3 atom stereocenters. The molecule has 4 aliphatic carbocycles. The van der Waals surface area contributed by atoms with E-state index in [1.807, 2.05) is 36.4 Å². The van der Waals surface area contributed by atoms with Gasteiger partial charge in [-0.15, -0.1) is 0 Å². The van der Waals surface area contributed by atoms with Crippen molar-refractivity contribution >= 4 is 11.7 Å². The number of hydrogen-bond donors (Lipinski definition) is 3. The molecular formula is C34H45N3O4. The first-order chi connectivity index (χ1) is 20.0. The summed E-state index contributed by atoms with van der Waals surface area (Å²) in [6.45, 7) is 3.18. The summed E-state index contributed by atoms with van der Waals surface area (Å²) in [4.78, 5) is 15.8. The molecule has 2 amide bonds. The first kappa shape index (κ1) is 27.4. The van der Waals surface area contributed by atoms with Gasteiger partial charge in [0.25, 0.3) is 0 Å². The summed E-state index contributed by atoms with van der Waals surface area (Å²) < 4.78 is 13.2. The molecule has 2 aliphatic heterocycles. The van der Waals surface area contributed by atoms with Crippen LogP contribution in [0.1, 0.15) is 93.3 Å². The molecule has 8 rings (SSSR count). The highest BCUT2D eigenvalue weighted by molar-refractivity contribution is 5.89. The molecule has 7 heteroatoms. The van der Waals surface area contributed by atoms with Gasteiger partial charge in [-0.25, -0.2) is 4.79 Å². The number of benzene rings is 2. The molecule has 2 saturated heterocycles. The molecule has 4 bridgehead atoms. The van der Waals surface area contributed by atoms with Gasteiger partial charge in [0, 0.05) is 29.8 Å². The number of aliphatic hydroxyl groups excluding tert-OH is 1. The van der Waals surface area contributed by atoms with Gasteiger partial charge in [0.15, 0.2) is 6.29 Å². The predicted molar refractivity (Wildman–Crippen MR) is 158 cm³/mol. The van der Waals surface area contributed by atoms with Crippen molar-refractivity contribution in [3.8, 4) is 0 Å². The van der Waals surface area contributed by atoms with Crippen LogP contribution >= 0.6 is 0 Å². The molecule has 3 N–H and O–H groups in total. The minimum absolute atomic E-state index is 0.0213. The lowest BCUT2D eigenvalue weighted by Crippen LogP contribution is -2.60. The van der Waals surface area contributed by atoms with Crippen molar-refractivity contribution in [2.45, 2.75) is 94.9 Å². The molecule has 0 aromatic heterocycles. The minimum atomic E-state index is -0.519. The molecule has 220 valence electrons. The number of nitrogens with zero attached hydrogens (tertiary/aromatic N) is 1. The number of carbonyl (C=O) groups excluding carboxylic acids is 1. The number of likely N-dealkylation sites (tertiary alicyclic amines) is 1. The third kappa shape index (κ3) is 6.19. The van der Waals surface area contributed by atoms with E-state index in [0.717, 1.165) is 85.4 Å². The monoisotopic (exact) mass is 559 g/mol. The van der Waals surface area contributed by atoms with Crippen molar-refractivity contribution in [1.29, 1.82) is 0 Å². The molecule has 2 aromatic rings. The normalized spacial score (nSPS) is 34.9. The Balaban J connectivity index is 1.05. The summed E-state index contributed by atoms with van der Waals surface area (Å²) >= 11 is 0. The van der Waals surface area contributed by atoms with Crippen molar-refractivity contribution in [3.05, 3.63) is 65.2 Å². The average Bonchev–Trinajstić information content (AvgIpc) is 2.97. The van der Waals surface area contributed by atoms with E-state index >= 15 is 0 Å². The van der Waals surface area contributed by atoms with Crippen LogP contribution in [0.4, 0.5) is 10.5 Å². The van der Waals surface area contributed by atoms with Crippen LogP contribution in [0.25, 0.3) is 0 Å². The maximum atomic E-state index is 13.2. The SMILES string of the molecule is O=C(Nc1cccc(C2OC(CN3CCCCC3)CC(c3ccc(CO)cc3)O2)c1)NC12CC3CC(CC(C3)C1)C2. The van der Waals surface area contributed by atoms with E-state index in [1.54, 1.807) is 0 Å². The highest BCUT2D eigenvalue weighted by Gasteiger charge is 2.51. The van der Waals surface area contributed by atoms with Crippen LogP contribution in [0.2, 0.25) is 0 Å². The van der Waals surface area contributed by atoms with Crippen LogP contribution in [-0.4, -0.2) is 47.3 Å². The molecule has 41 heavy (non-hydrogen) atoms. The zero-order chi connectivity index (χ0) is 27.8. The van der Waals surface area contributed by atoms with E-state index in [1.165, 1.54) is 38.5 Å². The Morgan fingerprint density at radius 1 is 0.878 bits per heavy atom. The second-order valence-corrected chi connectivity index (χ2v) is 13.6. The van der Waals surface area contributed by atoms with E-state index in [-0.39, 0.29) is 30.4 Å². The first-order valence-corrected chi connectivity index (χ1v) is 15.9. The third-order valence-corrected chi connectivity index (χ3v) is 10.4. The number of aliphatic hydroxyl groups is 1. The fraction of sp³-hybridized carbons (Fsp3) is 0.618. The molecule has 0 radical (unpaired) electrons. The van der Waals surface area contributed by atoms with Crippen molar-refractivity contribution in [2.24, 2.45) is 17.8 Å². The molecule has 6 aliphatic rings. The number of carbonyl (C=O) groups is 1. The number of amides is 2. The van der Waals surface area contributed by atoms with Gasteiger partial charge in [-0.05, 0) is 105 Å². The van der Waals surface area contributed by atoms with Gasteiger partial charge in [0.2, 0.25) is 0 Å². The topological polar surface area (TPSA) is 83.1 Å². The zero-order valence-electron chi connectivity index (χ0n) is 24.1. The standard InChI is InChI=1S/C34H45N3O4/c38-22-23-7-9-27(10-8-23)31-17-30(21-37-11-2-1-3-12-37)40-32(41-31)28-5-4-6-29(16-28)35-33(39)36-34-18-24-13-25(19-34)15-26(14-24)20-34/h4-10,16,24-26,30-32,38H,1-3,11-15,17-22H2,(H2,35,36,39). The number of anilines is 1. The second-order valence-electron chi connectivity index (χ2n) is 13.6. The van der Waals surface area contributed by atoms with Crippen LogP contribution in [0, 0.1) is 17.8 Å². The van der Waals surface area contributed by atoms with Gasteiger partial charge in [-0.3, -0.25) is 0 Å². The van der Waals surface area contributed by atoms with E-state index < -0.39 is 6.29 Å². The lowest BCUT2D eigenvalue weighted by molar-refractivity contribution is -0.253. The maximum absolute atomic E-state index is 13.2. The van der Waals surface area contributed by atoms with Crippen molar-refractivity contribution in [3.63, 3.8) is 0 Å². The minimum Gasteiger partial charge on any atom is -0.392 e. The Morgan fingerprint density at radius 2 is 1.59 bits per heavy atom. The Hall–Kier alpha value is -2.45. The highest BCUT2D eigenvalue weighted by atomic mass is 16.7. The van der Waals surface area contributed by atoms with Crippen molar-refractivity contribution in [1.82, 2.24) is 10.2 Å². The number of nitrogens with one attached hydrogen (secondary N) is 2.